The second-order valence-corrected chi connectivity index (χ2v) is 12.3. The lowest BCUT2D eigenvalue weighted by Crippen LogP contribution is -2.50. The van der Waals surface area contributed by atoms with Crippen molar-refractivity contribution in [1.29, 1.82) is 0 Å². The van der Waals surface area contributed by atoms with Crippen molar-refractivity contribution in [3.63, 3.8) is 0 Å². The molecule has 2 bridgehead atoms. The second kappa shape index (κ2) is 10.5. The largest absolute Gasteiger partial charge is 0.744 e. The summed E-state index contributed by atoms with van der Waals surface area (Å²) in [5, 5.41) is 0. The molecule has 0 N–H and O–H groups in total. The highest BCUT2D eigenvalue weighted by atomic mass is 127. The zero-order valence-corrected chi connectivity index (χ0v) is 23.3. The van der Waals surface area contributed by atoms with Crippen LogP contribution in [0.1, 0.15) is 25.7 Å². The molecule has 2 unspecified atom stereocenters. The fraction of sp³-hybridized carbons (Fsp3) is 0.364. The molecule has 3 aliphatic carbocycles. The predicted octanol–water partition coefficient (Wildman–Crippen LogP) is 5.06. The van der Waals surface area contributed by atoms with Crippen LogP contribution in [0, 0.1) is 59.9 Å². The minimum atomic E-state index is -4.81. The van der Waals surface area contributed by atoms with Crippen molar-refractivity contribution >= 4 is 67.2 Å². The maximum atomic E-state index is 14.1. The van der Waals surface area contributed by atoms with Crippen LogP contribution in [0.15, 0.2) is 17.0 Å². The van der Waals surface area contributed by atoms with E-state index in [0.717, 1.165) is 12.1 Å². The van der Waals surface area contributed by atoms with Crippen LogP contribution in [-0.4, -0.2) is 24.9 Å². The van der Waals surface area contributed by atoms with Crippen molar-refractivity contribution in [2.75, 3.05) is 0 Å². The first-order valence-electron chi connectivity index (χ1n) is 10.6. The molecule has 0 amide bonds. The molecule has 3 saturated carbocycles. The van der Waals surface area contributed by atoms with E-state index in [4.69, 9.17) is 4.74 Å². The topological polar surface area (TPSA) is 110 Å². The Morgan fingerprint density at radius 3 is 1.54 bits per heavy atom. The third kappa shape index (κ3) is 5.32. The Hall–Kier alpha value is -1.60. The van der Waals surface area contributed by atoms with Crippen LogP contribution in [0.4, 0.5) is 22.0 Å². The molecule has 0 heterocycles. The lowest BCUT2D eigenvalue weighted by atomic mass is 9.58. The predicted molar refractivity (Wildman–Crippen MR) is 130 cm³/mol. The highest BCUT2D eigenvalue weighted by molar-refractivity contribution is 14.1. The van der Waals surface area contributed by atoms with Crippen molar-refractivity contribution in [2.45, 2.75) is 30.6 Å². The molecule has 7 nitrogen and oxygen atoms in total. The number of hydrogen-bond donors (Lipinski definition) is 0. The van der Waals surface area contributed by atoms with Crippen molar-refractivity contribution < 1.29 is 54.0 Å². The molecule has 2 atom stereocenters. The first-order valence-corrected chi connectivity index (χ1v) is 14.2. The molecule has 3 aliphatic rings. The van der Waals surface area contributed by atoms with Gasteiger partial charge in [0.2, 0.25) is 34.8 Å². The summed E-state index contributed by atoms with van der Waals surface area (Å²) < 4.78 is 113. The van der Waals surface area contributed by atoms with Crippen LogP contribution in [0.5, 0.6) is 11.5 Å². The Kier molecular flexibility index (Phi) is 8.08. The lowest BCUT2D eigenvalue weighted by molar-refractivity contribution is -0.162. The highest BCUT2D eigenvalue weighted by Gasteiger charge is 2.52. The summed E-state index contributed by atoms with van der Waals surface area (Å²) >= 11 is 3.18. The van der Waals surface area contributed by atoms with Gasteiger partial charge < -0.3 is 14.0 Å². The Morgan fingerprint density at radius 1 is 0.757 bits per heavy atom. The number of halogens is 7. The lowest BCUT2D eigenvalue weighted by Gasteiger charge is -2.45. The molecular weight excluding hydrogens is 757 g/mol. The molecule has 5 rings (SSSR count). The fourth-order valence-corrected chi connectivity index (χ4v) is 8.91. The number of rotatable bonds is 5. The number of hydrogen-bond acceptors (Lipinski definition) is 7. The summed E-state index contributed by atoms with van der Waals surface area (Å²) in [6.45, 7) is 0. The molecule has 2 aromatic carbocycles. The van der Waals surface area contributed by atoms with Gasteiger partial charge in [-0.25, -0.2) is 21.6 Å². The molecule has 0 saturated heterocycles. The van der Waals surface area contributed by atoms with Crippen molar-refractivity contribution in [3.05, 3.63) is 48.4 Å². The van der Waals surface area contributed by atoms with Gasteiger partial charge in [-0.05, 0) is 94.8 Å². The number of ether oxygens (including phenoxy) is 2. The molecule has 0 spiro atoms. The molecular formula is C22H14F5I2O7S-. The van der Waals surface area contributed by atoms with Gasteiger partial charge in [-0.15, -0.1) is 0 Å². The number of esters is 2. The van der Waals surface area contributed by atoms with Gasteiger partial charge in [0.05, 0.1) is 16.7 Å². The highest BCUT2D eigenvalue weighted by Crippen LogP contribution is 2.50. The van der Waals surface area contributed by atoms with Crippen LogP contribution in [0.2, 0.25) is 0 Å². The third-order valence-electron chi connectivity index (χ3n) is 6.58. The van der Waals surface area contributed by atoms with Crippen LogP contribution in [0.25, 0.3) is 0 Å². The van der Waals surface area contributed by atoms with Crippen molar-refractivity contribution in [1.82, 2.24) is 0 Å². The standard InChI is InChI=1S/C22H15F5I2O7S/c23-14-15(24)17(26)19(18(27)16(14)25)36-22(31)13-8-3-1-7(2-4-8)12(13)21(30)35-9-5-10(28)20(11(29)6-9)37(32,33)34/h5-8,12-13H,1-4H2,(H,32,33,34)/p-1. The van der Waals surface area contributed by atoms with E-state index in [2.05, 4.69) is 4.74 Å². The summed E-state index contributed by atoms with van der Waals surface area (Å²) in [5.41, 5.74) is 0. The minimum Gasteiger partial charge on any atom is -0.744 e. The summed E-state index contributed by atoms with van der Waals surface area (Å²) in [6, 6.07) is 2.29. The average molecular weight is 771 g/mol. The average Bonchev–Trinajstić information content (AvgIpc) is 2.82. The van der Waals surface area contributed by atoms with Crippen LogP contribution in [-0.2, 0) is 19.7 Å². The fourth-order valence-electron chi connectivity index (χ4n) is 4.99. The van der Waals surface area contributed by atoms with E-state index in [0.29, 0.717) is 25.7 Å². The van der Waals surface area contributed by atoms with Gasteiger partial charge in [0.1, 0.15) is 15.9 Å². The van der Waals surface area contributed by atoms with Gasteiger partial charge in [-0.1, -0.05) is 0 Å². The van der Waals surface area contributed by atoms with Crippen molar-refractivity contribution in [2.24, 2.45) is 23.7 Å². The maximum Gasteiger partial charge on any atom is 0.315 e. The van der Waals surface area contributed by atoms with E-state index in [-0.39, 0.29) is 18.8 Å². The first-order chi connectivity index (χ1) is 17.2. The quantitative estimate of drug-likeness (QED) is 0.0796. The smallest absolute Gasteiger partial charge is 0.315 e. The molecule has 0 aliphatic heterocycles. The van der Waals surface area contributed by atoms with E-state index < -0.39 is 79.5 Å². The molecule has 0 radical (unpaired) electrons. The number of fused-ring (bicyclic) bond motifs is 3. The van der Waals surface area contributed by atoms with Crippen LogP contribution >= 0.6 is 45.2 Å². The number of carbonyl (C=O) groups is 2. The summed E-state index contributed by atoms with van der Waals surface area (Å²) in [5.74, 6) is -19.0. The molecule has 37 heavy (non-hydrogen) atoms. The molecule has 3 fully saturated rings. The maximum absolute atomic E-state index is 14.1. The summed E-state index contributed by atoms with van der Waals surface area (Å²) in [6.07, 6.45) is 1.99. The SMILES string of the molecule is O=C(Oc1cc(I)c(S(=O)(=O)[O-])c(I)c1)C1C2CCC(CC2)C1C(=O)Oc1c(F)c(F)c(F)c(F)c1F. The van der Waals surface area contributed by atoms with Gasteiger partial charge >= 0.3 is 11.9 Å². The van der Waals surface area contributed by atoms with Crippen molar-refractivity contribution in [3.8, 4) is 11.5 Å². The Morgan fingerprint density at radius 2 is 1.14 bits per heavy atom. The number of carbonyl (C=O) groups excluding carboxylic acids is 2. The van der Waals surface area contributed by atoms with Gasteiger partial charge in [-0.2, -0.15) is 8.78 Å². The molecule has 0 aromatic heterocycles. The molecule has 200 valence electrons. The van der Waals surface area contributed by atoms with E-state index in [1.165, 1.54) is 0 Å². The normalized spacial score (nSPS) is 23.1. The number of benzene rings is 2. The van der Waals surface area contributed by atoms with E-state index in [1.807, 2.05) is 0 Å². The van der Waals surface area contributed by atoms with E-state index >= 15 is 0 Å². The van der Waals surface area contributed by atoms with Gasteiger partial charge in [0, 0.05) is 7.14 Å². The van der Waals surface area contributed by atoms with E-state index in [1.54, 1.807) is 45.2 Å². The first kappa shape index (κ1) is 28.4. The second-order valence-electron chi connectivity index (χ2n) is 8.64. The molecule has 15 heteroatoms. The van der Waals surface area contributed by atoms with Gasteiger partial charge in [0.15, 0.2) is 0 Å². The Balaban J connectivity index is 1.63. The monoisotopic (exact) mass is 771 g/mol. The van der Waals surface area contributed by atoms with Crippen LogP contribution < -0.4 is 9.47 Å². The van der Waals surface area contributed by atoms with Gasteiger partial charge in [-0.3, -0.25) is 9.59 Å². The zero-order valence-electron chi connectivity index (χ0n) is 18.2. The summed E-state index contributed by atoms with van der Waals surface area (Å²) in [4.78, 5) is 25.7. The third-order valence-corrected chi connectivity index (χ3v) is 9.95. The minimum absolute atomic E-state index is 0.00487. The van der Waals surface area contributed by atoms with E-state index in [9.17, 15) is 44.5 Å². The van der Waals surface area contributed by atoms with Gasteiger partial charge in [0.25, 0.3) is 0 Å². The van der Waals surface area contributed by atoms with Crippen LogP contribution in [0.3, 0.4) is 0 Å². The zero-order chi connectivity index (χ0) is 27.4. The molecule has 2 aromatic rings. The Labute approximate surface area is 234 Å². The Bertz CT molecular complexity index is 1360. The summed E-state index contributed by atoms with van der Waals surface area (Å²) in [7, 11) is -4.81.